The molecule has 0 unspecified atom stereocenters. The second kappa shape index (κ2) is 6.96. The molecule has 2 heterocycles. The van der Waals surface area contributed by atoms with E-state index < -0.39 is 0 Å². The summed E-state index contributed by atoms with van der Waals surface area (Å²) < 4.78 is 1.76. The highest BCUT2D eigenvalue weighted by atomic mass is 16.2. The van der Waals surface area contributed by atoms with Gasteiger partial charge in [-0.05, 0) is 38.5 Å². The number of carbonyl (C=O) groups is 1. The number of urea groups is 1. The summed E-state index contributed by atoms with van der Waals surface area (Å²) in [5.41, 5.74) is 1.04. The Morgan fingerprint density at radius 2 is 2.19 bits per heavy atom. The Kier molecular flexibility index (Phi) is 5.26. The van der Waals surface area contributed by atoms with Crippen molar-refractivity contribution in [3.63, 3.8) is 0 Å². The molecule has 1 aliphatic rings. The van der Waals surface area contributed by atoms with Crippen molar-refractivity contribution >= 4 is 6.03 Å². The van der Waals surface area contributed by atoms with Crippen LogP contribution < -0.4 is 5.32 Å². The van der Waals surface area contributed by atoms with Gasteiger partial charge in [-0.2, -0.15) is 5.10 Å². The topological polar surface area (TPSA) is 50.2 Å². The first-order chi connectivity index (χ1) is 9.97. The second-order valence-electron chi connectivity index (χ2n) is 6.59. The molecule has 5 nitrogen and oxygen atoms in total. The van der Waals surface area contributed by atoms with Crippen molar-refractivity contribution in [2.75, 3.05) is 6.54 Å². The van der Waals surface area contributed by atoms with Crippen LogP contribution in [0.15, 0.2) is 12.4 Å². The van der Waals surface area contributed by atoms with E-state index in [0.717, 1.165) is 31.4 Å². The Bertz CT molecular complexity index is 469. The van der Waals surface area contributed by atoms with Crippen molar-refractivity contribution < 1.29 is 4.79 Å². The normalized spacial score (nSPS) is 20.6. The molecular formula is C16H28N4O. The lowest BCUT2D eigenvalue weighted by Gasteiger charge is -2.37. The summed E-state index contributed by atoms with van der Waals surface area (Å²) in [4.78, 5) is 14.6. The molecule has 0 aliphatic carbocycles. The molecule has 118 valence electrons. The highest BCUT2D eigenvalue weighted by molar-refractivity contribution is 5.75. The van der Waals surface area contributed by atoms with Gasteiger partial charge < -0.3 is 10.2 Å². The maximum absolute atomic E-state index is 12.6. The summed E-state index contributed by atoms with van der Waals surface area (Å²) >= 11 is 0. The highest BCUT2D eigenvalue weighted by Crippen LogP contribution is 2.23. The van der Waals surface area contributed by atoms with E-state index in [-0.39, 0.29) is 12.1 Å². The van der Waals surface area contributed by atoms with Crippen LogP contribution in [0, 0.1) is 5.92 Å². The van der Waals surface area contributed by atoms with Crippen LogP contribution in [0.3, 0.4) is 0 Å². The fraction of sp³-hybridized carbons (Fsp3) is 0.750. The molecule has 1 aromatic rings. The van der Waals surface area contributed by atoms with E-state index in [1.54, 1.807) is 4.68 Å². The van der Waals surface area contributed by atoms with Gasteiger partial charge in [-0.25, -0.2) is 4.79 Å². The molecule has 5 heteroatoms. The summed E-state index contributed by atoms with van der Waals surface area (Å²) in [5.74, 6) is 0.624. The van der Waals surface area contributed by atoms with Gasteiger partial charge in [0.2, 0.25) is 0 Å². The molecule has 1 aromatic heterocycles. The smallest absolute Gasteiger partial charge is 0.318 e. The van der Waals surface area contributed by atoms with Crippen molar-refractivity contribution in [1.29, 1.82) is 0 Å². The fourth-order valence-corrected chi connectivity index (χ4v) is 3.07. The first-order valence-electron chi connectivity index (χ1n) is 8.03. The van der Waals surface area contributed by atoms with E-state index in [0.29, 0.717) is 12.0 Å². The monoisotopic (exact) mass is 292 g/mol. The highest BCUT2D eigenvalue weighted by Gasteiger charge is 2.28. The minimum Gasteiger partial charge on any atom is -0.331 e. The number of amides is 2. The Morgan fingerprint density at radius 3 is 2.81 bits per heavy atom. The van der Waals surface area contributed by atoms with E-state index in [1.165, 1.54) is 6.42 Å². The Labute approximate surface area is 127 Å². The zero-order valence-corrected chi connectivity index (χ0v) is 13.7. The van der Waals surface area contributed by atoms with Gasteiger partial charge in [0.05, 0.1) is 12.2 Å². The maximum atomic E-state index is 12.6. The van der Waals surface area contributed by atoms with Crippen molar-refractivity contribution in [2.45, 2.75) is 58.5 Å². The molecule has 0 spiro atoms. The SMILES string of the molecule is CC(C)C[C@@H]1CCCCN1C(=O)N[C@@H](C)c1cnn(C)c1. The van der Waals surface area contributed by atoms with Crippen LogP contribution in [0.1, 0.15) is 58.1 Å². The van der Waals surface area contributed by atoms with Crippen LogP contribution in [0.2, 0.25) is 0 Å². The number of piperidine rings is 1. The number of hydrogen-bond acceptors (Lipinski definition) is 2. The van der Waals surface area contributed by atoms with Crippen molar-refractivity contribution in [1.82, 2.24) is 20.0 Å². The second-order valence-corrected chi connectivity index (χ2v) is 6.59. The van der Waals surface area contributed by atoms with Gasteiger partial charge in [0.1, 0.15) is 0 Å². The lowest BCUT2D eigenvalue weighted by molar-refractivity contribution is 0.137. The van der Waals surface area contributed by atoms with Crippen LogP contribution in [-0.4, -0.2) is 33.3 Å². The Morgan fingerprint density at radius 1 is 1.43 bits per heavy atom. The van der Waals surface area contributed by atoms with Crippen LogP contribution in [0.4, 0.5) is 4.79 Å². The van der Waals surface area contributed by atoms with Crippen molar-refractivity contribution in [3.05, 3.63) is 18.0 Å². The van der Waals surface area contributed by atoms with Crippen LogP contribution in [0.25, 0.3) is 0 Å². The minimum absolute atomic E-state index is 0.00664. The van der Waals surface area contributed by atoms with E-state index in [9.17, 15) is 4.79 Å². The molecule has 1 N–H and O–H groups in total. The zero-order valence-electron chi connectivity index (χ0n) is 13.7. The quantitative estimate of drug-likeness (QED) is 0.927. The van der Waals surface area contributed by atoms with E-state index >= 15 is 0 Å². The summed E-state index contributed by atoms with van der Waals surface area (Å²) in [6.45, 7) is 7.34. The van der Waals surface area contributed by atoms with E-state index in [2.05, 4.69) is 24.3 Å². The number of rotatable bonds is 4. The van der Waals surface area contributed by atoms with Crippen LogP contribution >= 0.6 is 0 Å². The standard InChI is InChI=1S/C16H28N4O/c1-12(2)9-15-7-5-6-8-20(15)16(21)18-13(3)14-10-17-19(4)11-14/h10-13,15H,5-9H2,1-4H3,(H,18,21)/t13-,15-/m0/s1. The Balaban J connectivity index is 1.96. The lowest BCUT2D eigenvalue weighted by atomic mass is 9.94. The molecule has 0 saturated carbocycles. The molecule has 2 amide bonds. The summed E-state index contributed by atoms with van der Waals surface area (Å²) in [7, 11) is 1.89. The van der Waals surface area contributed by atoms with Gasteiger partial charge in [-0.3, -0.25) is 4.68 Å². The summed E-state index contributed by atoms with van der Waals surface area (Å²) in [6, 6.07) is 0.448. The largest absolute Gasteiger partial charge is 0.331 e. The first kappa shape index (κ1) is 15.9. The molecule has 1 fully saturated rings. The number of hydrogen-bond donors (Lipinski definition) is 1. The molecule has 1 aliphatic heterocycles. The molecular weight excluding hydrogens is 264 g/mol. The third-order valence-electron chi connectivity index (χ3n) is 4.20. The molecule has 0 aromatic carbocycles. The predicted molar refractivity (Wildman–Crippen MR) is 84.0 cm³/mol. The average Bonchev–Trinajstić information content (AvgIpc) is 2.85. The molecule has 1 saturated heterocycles. The zero-order chi connectivity index (χ0) is 15.4. The van der Waals surface area contributed by atoms with E-state index in [4.69, 9.17) is 0 Å². The number of nitrogens with one attached hydrogen (secondary N) is 1. The fourth-order valence-electron chi connectivity index (χ4n) is 3.07. The van der Waals surface area contributed by atoms with E-state index in [1.807, 2.05) is 31.3 Å². The number of aromatic nitrogens is 2. The van der Waals surface area contributed by atoms with Gasteiger partial charge in [-0.15, -0.1) is 0 Å². The molecule has 0 bridgehead atoms. The summed E-state index contributed by atoms with van der Waals surface area (Å²) in [6.07, 6.45) is 8.34. The van der Waals surface area contributed by atoms with Gasteiger partial charge in [0.25, 0.3) is 0 Å². The van der Waals surface area contributed by atoms with Crippen LogP contribution in [-0.2, 0) is 7.05 Å². The van der Waals surface area contributed by atoms with Crippen molar-refractivity contribution in [3.8, 4) is 0 Å². The number of carbonyl (C=O) groups excluding carboxylic acids is 1. The molecule has 2 rings (SSSR count). The molecule has 0 radical (unpaired) electrons. The minimum atomic E-state index is -0.00664. The predicted octanol–water partition coefficient (Wildman–Crippen LogP) is 3.09. The third-order valence-corrected chi connectivity index (χ3v) is 4.20. The third kappa shape index (κ3) is 4.22. The van der Waals surface area contributed by atoms with Crippen molar-refractivity contribution in [2.24, 2.45) is 13.0 Å². The van der Waals surface area contributed by atoms with Gasteiger partial charge in [-0.1, -0.05) is 13.8 Å². The molecule has 21 heavy (non-hydrogen) atoms. The average molecular weight is 292 g/mol. The van der Waals surface area contributed by atoms with Gasteiger partial charge in [0.15, 0.2) is 0 Å². The van der Waals surface area contributed by atoms with Crippen LogP contribution in [0.5, 0.6) is 0 Å². The summed E-state index contributed by atoms with van der Waals surface area (Å²) in [5, 5.41) is 7.28. The number of likely N-dealkylation sites (tertiary alicyclic amines) is 1. The number of aryl methyl sites for hydroxylation is 1. The first-order valence-corrected chi connectivity index (χ1v) is 8.03. The van der Waals surface area contributed by atoms with Gasteiger partial charge >= 0.3 is 6.03 Å². The van der Waals surface area contributed by atoms with Gasteiger partial charge in [0, 0.05) is 31.4 Å². The number of nitrogens with zero attached hydrogens (tertiary/aromatic N) is 3. The Hall–Kier alpha value is -1.52. The lowest BCUT2D eigenvalue weighted by Crippen LogP contribution is -2.49. The maximum Gasteiger partial charge on any atom is 0.318 e. The molecule has 2 atom stereocenters.